The highest BCUT2D eigenvalue weighted by Gasteiger charge is 2.22. The third kappa shape index (κ3) is 5.19. The van der Waals surface area contributed by atoms with Crippen LogP contribution in [0.2, 0.25) is 0 Å². The lowest BCUT2D eigenvalue weighted by Gasteiger charge is -2.15. The highest BCUT2D eigenvalue weighted by Crippen LogP contribution is 2.06. The maximum absolute atomic E-state index is 10.6. The van der Waals surface area contributed by atoms with Gasteiger partial charge in [0.15, 0.2) is 0 Å². The molecule has 0 amide bonds. The predicted molar refractivity (Wildman–Crippen MR) is 50.1 cm³/mol. The van der Waals surface area contributed by atoms with Crippen molar-refractivity contribution in [2.75, 3.05) is 0 Å². The highest BCUT2D eigenvalue weighted by atomic mass is 28.3. The number of allylic oxidation sites excluding steroid dienone is 1. The van der Waals surface area contributed by atoms with Crippen molar-refractivity contribution >= 4 is 21.2 Å². The van der Waals surface area contributed by atoms with Crippen molar-refractivity contribution in [1.82, 2.24) is 0 Å². The normalized spacial score (nSPS) is 9.54. The summed E-state index contributed by atoms with van der Waals surface area (Å²) in [7, 11) is -2.34. The summed E-state index contributed by atoms with van der Waals surface area (Å²) < 4.78 is 9.74. The Kier molecular flexibility index (Phi) is 5.06. The van der Waals surface area contributed by atoms with E-state index in [0.717, 1.165) is 0 Å². The van der Waals surface area contributed by atoms with E-state index < -0.39 is 21.2 Å². The van der Waals surface area contributed by atoms with Crippen molar-refractivity contribution < 1.29 is 18.4 Å². The smallest absolute Gasteiger partial charge is 0.478 e. The van der Waals surface area contributed by atoms with E-state index in [2.05, 4.69) is 6.58 Å². The molecule has 5 heteroatoms. The molecule has 13 heavy (non-hydrogen) atoms. The van der Waals surface area contributed by atoms with Crippen LogP contribution in [-0.4, -0.2) is 21.2 Å². The molecule has 0 bridgehead atoms. The van der Waals surface area contributed by atoms with Crippen LogP contribution in [0.4, 0.5) is 0 Å². The zero-order chi connectivity index (χ0) is 10.4. The summed E-state index contributed by atoms with van der Waals surface area (Å²) in [6.45, 7) is 8.13. The minimum atomic E-state index is -2.34. The van der Waals surface area contributed by atoms with Crippen molar-refractivity contribution in [3.05, 3.63) is 11.8 Å². The van der Waals surface area contributed by atoms with Gasteiger partial charge in [0.05, 0.1) is 0 Å². The number of carbonyl (C=O) groups is 2. The fourth-order valence-electron chi connectivity index (χ4n) is 0.659. The Morgan fingerprint density at radius 1 is 1.23 bits per heavy atom. The molecule has 0 atom stereocenters. The number of rotatable bonds is 4. The van der Waals surface area contributed by atoms with E-state index in [9.17, 15) is 9.59 Å². The topological polar surface area (TPSA) is 52.6 Å². The predicted octanol–water partition coefficient (Wildman–Crippen LogP) is 0.839. The number of carbonyl (C=O) groups excluding carboxylic acids is 2. The lowest BCUT2D eigenvalue weighted by atomic mass is 10.5. The molecule has 0 heterocycles. The maximum atomic E-state index is 10.6. The number of hydrogen-bond acceptors (Lipinski definition) is 4. The van der Waals surface area contributed by atoms with Crippen LogP contribution in [0.25, 0.3) is 0 Å². The van der Waals surface area contributed by atoms with E-state index in [-0.39, 0.29) is 0 Å². The van der Waals surface area contributed by atoms with E-state index in [1.54, 1.807) is 0 Å². The molecule has 0 aliphatic carbocycles. The molecular weight excluding hydrogens is 188 g/mol. The zero-order valence-electron chi connectivity index (χ0n) is 8.12. The molecule has 0 aliphatic rings. The average molecular weight is 202 g/mol. The van der Waals surface area contributed by atoms with Crippen molar-refractivity contribution in [3.8, 4) is 0 Å². The molecule has 74 valence electrons. The van der Waals surface area contributed by atoms with Gasteiger partial charge in [0.1, 0.15) is 0 Å². The Balaban J connectivity index is 4.26. The van der Waals surface area contributed by atoms with Crippen LogP contribution in [0.3, 0.4) is 0 Å². The molecule has 0 aliphatic heterocycles. The molecular formula is C8H14O4Si. The molecule has 0 aromatic heterocycles. The second-order valence-corrected chi connectivity index (χ2v) is 4.51. The van der Waals surface area contributed by atoms with Gasteiger partial charge < -0.3 is 8.85 Å². The molecule has 0 rings (SSSR count). The van der Waals surface area contributed by atoms with Gasteiger partial charge in [-0.1, -0.05) is 13.5 Å². The third-order valence-electron chi connectivity index (χ3n) is 1.33. The molecule has 0 saturated carbocycles. The standard InChI is InChI=1S/C8H14O4Si/c1-5-6(2)13(11-7(3)9)12-8(4)10/h13H,2,5H2,1,3-4H3. The largest absolute Gasteiger partial charge is 0.484 e. The first-order valence-electron chi connectivity index (χ1n) is 3.99. The van der Waals surface area contributed by atoms with Crippen molar-refractivity contribution in [3.63, 3.8) is 0 Å². The minimum absolute atomic E-state index is 0.437. The zero-order valence-corrected chi connectivity index (χ0v) is 9.28. The highest BCUT2D eigenvalue weighted by molar-refractivity contribution is 6.57. The van der Waals surface area contributed by atoms with Gasteiger partial charge in [0, 0.05) is 13.8 Å². The van der Waals surface area contributed by atoms with Crippen LogP contribution < -0.4 is 0 Å². The van der Waals surface area contributed by atoms with Crippen LogP contribution in [-0.2, 0) is 18.4 Å². The monoisotopic (exact) mass is 202 g/mol. The fraction of sp³-hybridized carbons (Fsp3) is 0.500. The molecule has 0 fully saturated rings. The Hall–Kier alpha value is -1.10. The summed E-state index contributed by atoms with van der Waals surface area (Å²) >= 11 is 0. The first kappa shape index (κ1) is 11.9. The molecule has 0 spiro atoms. The first-order chi connectivity index (χ1) is 5.97. The lowest BCUT2D eigenvalue weighted by Crippen LogP contribution is -2.29. The Labute approximate surface area is 79.4 Å². The van der Waals surface area contributed by atoms with E-state index in [4.69, 9.17) is 8.85 Å². The van der Waals surface area contributed by atoms with E-state index in [1.165, 1.54) is 13.8 Å². The lowest BCUT2D eigenvalue weighted by molar-refractivity contribution is -0.137. The van der Waals surface area contributed by atoms with Gasteiger partial charge in [-0.05, 0) is 11.6 Å². The first-order valence-corrected chi connectivity index (χ1v) is 5.51. The van der Waals surface area contributed by atoms with Crippen LogP contribution in [0.1, 0.15) is 27.2 Å². The molecule has 0 aromatic rings. The summed E-state index contributed by atoms with van der Waals surface area (Å²) in [5, 5.41) is 0.699. The summed E-state index contributed by atoms with van der Waals surface area (Å²) in [4.78, 5) is 21.3. The molecule has 0 saturated heterocycles. The summed E-state index contributed by atoms with van der Waals surface area (Å²) in [6.07, 6.45) is 0.650. The van der Waals surface area contributed by atoms with Crippen LogP contribution in [0.5, 0.6) is 0 Å². The Morgan fingerprint density at radius 2 is 1.62 bits per heavy atom. The Bertz CT molecular complexity index is 208. The Morgan fingerprint density at radius 3 is 1.85 bits per heavy atom. The fourth-order valence-corrected chi connectivity index (χ4v) is 1.98. The van der Waals surface area contributed by atoms with Gasteiger partial charge in [-0.2, -0.15) is 0 Å². The van der Waals surface area contributed by atoms with E-state index in [0.29, 0.717) is 11.6 Å². The van der Waals surface area contributed by atoms with E-state index >= 15 is 0 Å². The minimum Gasteiger partial charge on any atom is -0.484 e. The molecule has 0 aromatic carbocycles. The summed E-state index contributed by atoms with van der Waals surface area (Å²) in [5.74, 6) is -0.875. The van der Waals surface area contributed by atoms with Crippen LogP contribution >= 0.6 is 0 Å². The van der Waals surface area contributed by atoms with Crippen molar-refractivity contribution in [1.29, 1.82) is 0 Å². The maximum Gasteiger partial charge on any atom is 0.478 e. The van der Waals surface area contributed by atoms with Crippen molar-refractivity contribution in [2.24, 2.45) is 0 Å². The molecule has 0 N–H and O–H groups in total. The second kappa shape index (κ2) is 5.53. The van der Waals surface area contributed by atoms with Gasteiger partial charge in [0.25, 0.3) is 11.9 Å². The average Bonchev–Trinajstić information content (AvgIpc) is 2.00. The van der Waals surface area contributed by atoms with E-state index in [1.807, 2.05) is 6.92 Å². The molecule has 0 radical (unpaired) electrons. The van der Waals surface area contributed by atoms with Gasteiger partial charge in [0.2, 0.25) is 0 Å². The van der Waals surface area contributed by atoms with Crippen LogP contribution in [0, 0.1) is 0 Å². The SMILES string of the molecule is C=C(CC)[SiH](OC(C)=O)OC(C)=O. The van der Waals surface area contributed by atoms with Gasteiger partial charge in [-0.25, -0.2) is 0 Å². The van der Waals surface area contributed by atoms with Gasteiger partial charge >= 0.3 is 9.28 Å². The van der Waals surface area contributed by atoms with Crippen LogP contribution in [0.15, 0.2) is 11.8 Å². The summed E-state index contributed by atoms with van der Waals surface area (Å²) in [6, 6.07) is 0. The number of hydrogen-bond donors (Lipinski definition) is 0. The van der Waals surface area contributed by atoms with Crippen molar-refractivity contribution in [2.45, 2.75) is 27.2 Å². The third-order valence-corrected chi connectivity index (χ3v) is 3.50. The second-order valence-electron chi connectivity index (χ2n) is 2.56. The molecule has 0 unspecified atom stereocenters. The van der Waals surface area contributed by atoms with Gasteiger partial charge in [-0.3, -0.25) is 9.59 Å². The van der Waals surface area contributed by atoms with Gasteiger partial charge in [-0.15, -0.1) is 0 Å². The molecule has 4 nitrogen and oxygen atoms in total. The quantitative estimate of drug-likeness (QED) is 0.634. The summed E-state index contributed by atoms with van der Waals surface area (Å²) in [5.41, 5.74) is 0.